The van der Waals surface area contributed by atoms with Crippen molar-refractivity contribution in [2.75, 3.05) is 20.2 Å². The average molecular weight is 365 g/mol. The molecule has 0 spiro atoms. The molecular weight excluding hydrogens is 336 g/mol. The maximum Gasteiger partial charge on any atom is 0.378 e. The van der Waals surface area contributed by atoms with Crippen LogP contribution in [0.4, 0.5) is 8.78 Å². The molecule has 0 unspecified atom stereocenters. The minimum Gasteiger partial charge on any atom is -0.462 e. The van der Waals surface area contributed by atoms with Crippen molar-refractivity contribution in [2.24, 2.45) is 0 Å². The fourth-order valence-electron chi connectivity index (χ4n) is 1.92. The van der Waals surface area contributed by atoms with Gasteiger partial charge in [0, 0.05) is 6.54 Å². The average Bonchev–Trinajstić information content (AvgIpc) is 2.56. The van der Waals surface area contributed by atoms with E-state index < -0.39 is 18.4 Å². The van der Waals surface area contributed by atoms with Gasteiger partial charge in [0.1, 0.15) is 0 Å². The van der Waals surface area contributed by atoms with Crippen LogP contribution in [0.2, 0.25) is 0 Å². The summed E-state index contributed by atoms with van der Waals surface area (Å²) in [5.41, 5.74) is 2.00. The Kier molecular flexibility index (Phi) is 11.9. The molecule has 0 bridgehead atoms. The summed E-state index contributed by atoms with van der Waals surface area (Å²) < 4.78 is 31.2. The third kappa shape index (κ3) is 11.3. The van der Waals surface area contributed by atoms with Crippen molar-refractivity contribution in [3.63, 3.8) is 0 Å². The summed E-state index contributed by atoms with van der Waals surface area (Å²) in [6.45, 7) is 8.83. The lowest BCUT2D eigenvalue weighted by Gasteiger charge is -2.22. The fraction of sp³-hybridized carbons (Fsp3) is 0.381. The van der Waals surface area contributed by atoms with E-state index in [2.05, 4.69) is 11.3 Å². The third-order valence-electron chi connectivity index (χ3n) is 3.02. The zero-order valence-electron chi connectivity index (χ0n) is 16.0. The first-order chi connectivity index (χ1) is 12.2. The van der Waals surface area contributed by atoms with Gasteiger partial charge in [-0.3, -0.25) is 4.90 Å². The second-order valence-corrected chi connectivity index (χ2v) is 5.81. The molecule has 0 aliphatic carbocycles. The van der Waals surface area contributed by atoms with Gasteiger partial charge in [-0.25, -0.2) is 4.79 Å². The first-order valence-electron chi connectivity index (χ1n) is 8.45. The number of carbonyl (C=O) groups is 1. The van der Waals surface area contributed by atoms with Crippen LogP contribution >= 0.6 is 0 Å². The summed E-state index contributed by atoms with van der Waals surface area (Å²) in [5, 5.41) is 0. The van der Waals surface area contributed by atoms with Crippen molar-refractivity contribution in [1.29, 1.82) is 0 Å². The van der Waals surface area contributed by atoms with E-state index in [1.807, 2.05) is 68.5 Å². The van der Waals surface area contributed by atoms with E-state index >= 15 is 0 Å². The van der Waals surface area contributed by atoms with Crippen molar-refractivity contribution in [3.05, 3.63) is 72.4 Å². The van der Waals surface area contributed by atoms with Crippen LogP contribution in [0.1, 0.15) is 26.3 Å². The van der Waals surface area contributed by atoms with Crippen LogP contribution in [0.15, 0.2) is 66.8 Å². The van der Waals surface area contributed by atoms with E-state index in [1.54, 1.807) is 7.05 Å². The van der Waals surface area contributed by atoms with Gasteiger partial charge in [-0.15, -0.1) is 0 Å². The standard InChI is InChI=1S/C13H17F2NO2.C8H12/c1-3-18-12(17)13(14,15)10-16(2)9-11-7-5-4-6-8-11;1-4-5-6-7-8(2)3/h4-8H,3,9-10H2,1-2H3;4-7H,2H2,1,3H3/b;5-4-,7-6-. The highest BCUT2D eigenvalue weighted by atomic mass is 19.3. The van der Waals surface area contributed by atoms with Crippen LogP contribution in [0.5, 0.6) is 0 Å². The summed E-state index contributed by atoms with van der Waals surface area (Å²) in [6.07, 6.45) is 7.91. The zero-order valence-corrected chi connectivity index (χ0v) is 16.0. The molecule has 144 valence electrons. The lowest BCUT2D eigenvalue weighted by Crippen LogP contribution is -2.41. The Morgan fingerprint density at radius 2 is 1.88 bits per heavy atom. The third-order valence-corrected chi connectivity index (χ3v) is 3.02. The normalized spacial score (nSPS) is 11.5. The number of benzene rings is 1. The largest absolute Gasteiger partial charge is 0.462 e. The van der Waals surface area contributed by atoms with Crippen molar-refractivity contribution in [3.8, 4) is 0 Å². The number of nitrogens with zero attached hydrogens (tertiary/aromatic N) is 1. The van der Waals surface area contributed by atoms with E-state index in [-0.39, 0.29) is 6.61 Å². The van der Waals surface area contributed by atoms with Crippen LogP contribution in [0.25, 0.3) is 0 Å². The topological polar surface area (TPSA) is 29.5 Å². The molecule has 1 aromatic carbocycles. The van der Waals surface area contributed by atoms with Gasteiger partial charge in [-0.1, -0.05) is 66.8 Å². The summed E-state index contributed by atoms with van der Waals surface area (Å²) >= 11 is 0. The molecule has 0 N–H and O–H groups in total. The van der Waals surface area contributed by atoms with Gasteiger partial charge in [0.15, 0.2) is 0 Å². The van der Waals surface area contributed by atoms with Gasteiger partial charge in [0.05, 0.1) is 13.2 Å². The number of hydrogen-bond acceptors (Lipinski definition) is 3. The Balaban J connectivity index is 0.000000660. The maximum atomic E-state index is 13.4. The van der Waals surface area contributed by atoms with Crippen LogP contribution in [0.3, 0.4) is 0 Å². The van der Waals surface area contributed by atoms with Crippen molar-refractivity contribution in [2.45, 2.75) is 33.2 Å². The maximum absolute atomic E-state index is 13.4. The van der Waals surface area contributed by atoms with E-state index in [0.29, 0.717) is 6.54 Å². The highest BCUT2D eigenvalue weighted by Gasteiger charge is 2.41. The fourth-order valence-corrected chi connectivity index (χ4v) is 1.92. The lowest BCUT2D eigenvalue weighted by molar-refractivity contribution is -0.173. The Morgan fingerprint density at radius 1 is 1.27 bits per heavy atom. The molecule has 5 heteroatoms. The van der Waals surface area contributed by atoms with Gasteiger partial charge in [0.25, 0.3) is 0 Å². The van der Waals surface area contributed by atoms with Crippen LogP contribution < -0.4 is 0 Å². The molecule has 0 amide bonds. The highest BCUT2D eigenvalue weighted by molar-refractivity contribution is 5.77. The minimum atomic E-state index is -3.47. The quantitative estimate of drug-likeness (QED) is 0.479. The van der Waals surface area contributed by atoms with Crippen LogP contribution in [-0.2, 0) is 16.1 Å². The highest BCUT2D eigenvalue weighted by Crippen LogP contribution is 2.18. The Bertz CT molecular complexity index is 595. The van der Waals surface area contributed by atoms with E-state index in [0.717, 1.165) is 11.1 Å². The summed E-state index contributed by atoms with van der Waals surface area (Å²) in [7, 11) is 1.54. The Morgan fingerprint density at radius 3 is 2.38 bits per heavy atom. The molecule has 0 aliphatic rings. The molecule has 0 aliphatic heterocycles. The molecule has 0 saturated heterocycles. The van der Waals surface area contributed by atoms with E-state index in [1.165, 1.54) is 11.8 Å². The van der Waals surface area contributed by atoms with Gasteiger partial charge in [0.2, 0.25) is 0 Å². The second-order valence-electron chi connectivity index (χ2n) is 5.81. The van der Waals surface area contributed by atoms with Crippen LogP contribution in [-0.4, -0.2) is 37.0 Å². The van der Waals surface area contributed by atoms with Crippen LogP contribution in [0, 0.1) is 0 Å². The lowest BCUT2D eigenvalue weighted by atomic mass is 10.2. The number of hydrogen-bond donors (Lipinski definition) is 0. The molecule has 1 aromatic rings. The number of rotatable bonds is 8. The molecule has 0 fully saturated rings. The zero-order chi connectivity index (χ0) is 20.0. The first-order valence-corrected chi connectivity index (χ1v) is 8.45. The smallest absolute Gasteiger partial charge is 0.378 e. The predicted molar refractivity (Wildman–Crippen MR) is 103 cm³/mol. The van der Waals surface area contributed by atoms with Gasteiger partial charge in [-0.05, 0) is 33.4 Å². The summed E-state index contributed by atoms with van der Waals surface area (Å²) in [6, 6.07) is 9.23. The number of allylic oxidation sites excluding steroid dienone is 5. The minimum absolute atomic E-state index is 0.0448. The van der Waals surface area contributed by atoms with Crippen molar-refractivity contribution in [1.82, 2.24) is 4.90 Å². The Hall–Kier alpha value is -2.27. The SMILES string of the molecule is C=C(C)/C=C\C=C/C.CCOC(=O)C(F)(F)CN(C)Cc1ccccc1. The molecule has 1 rings (SSSR count). The number of alkyl halides is 2. The first kappa shape index (κ1) is 23.7. The van der Waals surface area contributed by atoms with Gasteiger partial charge >= 0.3 is 11.9 Å². The summed E-state index contributed by atoms with van der Waals surface area (Å²) in [5.74, 6) is -4.94. The second kappa shape index (κ2) is 13.0. The molecule has 26 heavy (non-hydrogen) atoms. The van der Waals surface area contributed by atoms with Gasteiger partial charge in [-0.2, -0.15) is 8.78 Å². The molecule has 0 radical (unpaired) electrons. The molecule has 0 atom stereocenters. The Labute approximate surface area is 155 Å². The molecule has 0 aromatic heterocycles. The number of ether oxygens (including phenoxy) is 1. The predicted octanol–water partition coefficient (Wildman–Crippen LogP) is 5.01. The molecule has 0 saturated carbocycles. The number of halogens is 2. The molecular formula is C21H29F2NO2. The molecule has 3 nitrogen and oxygen atoms in total. The number of carbonyl (C=O) groups excluding carboxylic acids is 1. The van der Waals surface area contributed by atoms with Gasteiger partial charge < -0.3 is 4.74 Å². The van der Waals surface area contributed by atoms with Crippen molar-refractivity contribution >= 4 is 5.97 Å². The van der Waals surface area contributed by atoms with E-state index in [9.17, 15) is 13.6 Å². The van der Waals surface area contributed by atoms with Crippen molar-refractivity contribution < 1.29 is 18.3 Å². The number of esters is 1. The summed E-state index contributed by atoms with van der Waals surface area (Å²) in [4.78, 5) is 12.4. The monoisotopic (exact) mass is 365 g/mol. The molecule has 0 heterocycles. The van der Waals surface area contributed by atoms with E-state index in [4.69, 9.17) is 0 Å².